The quantitative estimate of drug-likeness (QED) is 0.754. The molecule has 7 nitrogen and oxygen atoms in total. The highest BCUT2D eigenvalue weighted by atomic mass is 32.1. The predicted molar refractivity (Wildman–Crippen MR) is 102 cm³/mol. The van der Waals surface area contributed by atoms with Crippen molar-refractivity contribution in [2.24, 2.45) is 5.92 Å². The summed E-state index contributed by atoms with van der Waals surface area (Å²) in [4.78, 5) is 27.9. The summed E-state index contributed by atoms with van der Waals surface area (Å²) in [5, 5.41) is 21.3. The van der Waals surface area contributed by atoms with E-state index in [1.807, 2.05) is 13.8 Å². The minimum absolute atomic E-state index is 0.340. The molecule has 0 aliphatic heterocycles. The monoisotopic (exact) mass is 387 g/mol. The molecule has 1 amide bonds. The van der Waals surface area contributed by atoms with E-state index in [0.29, 0.717) is 45.0 Å². The molecular formula is C19H21N3O4S. The van der Waals surface area contributed by atoms with Gasteiger partial charge in [-0.1, -0.05) is 13.8 Å². The van der Waals surface area contributed by atoms with Gasteiger partial charge in [-0.2, -0.15) is 5.26 Å². The minimum atomic E-state index is -1.11. The Balaban J connectivity index is 2.28. The number of aryl methyl sites for hydroxylation is 1. The van der Waals surface area contributed by atoms with Gasteiger partial charge in [0.2, 0.25) is 0 Å². The molecule has 27 heavy (non-hydrogen) atoms. The standard InChI is InChI=1S/C19H21N3O4S/c1-10(2)9-26-15-6-5-13(7-14(15)8-20)18-22-11(3)16(27-18)17(23)21-12(4)19(24)25/h5-7,10,12H,9H2,1-4H3,(H,21,23)(H,24,25). The maximum absolute atomic E-state index is 12.3. The lowest BCUT2D eigenvalue weighted by Crippen LogP contribution is -2.38. The topological polar surface area (TPSA) is 112 Å². The van der Waals surface area contributed by atoms with Crippen LogP contribution >= 0.6 is 11.3 Å². The van der Waals surface area contributed by atoms with Crippen LogP contribution in [-0.4, -0.2) is 34.6 Å². The van der Waals surface area contributed by atoms with E-state index in [2.05, 4.69) is 16.4 Å². The molecule has 2 N–H and O–H groups in total. The molecule has 0 saturated carbocycles. The molecule has 0 spiro atoms. The number of nitriles is 1. The molecule has 0 fully saturated rings. The molecule has 1 aromatic heterocycles. The second-order valence-corrected chi connectivity index (χ2v) is 7.49. The third-order valence-electron chi connectivity index (χ3n) is 3.64. The number of nitrogens with one attached hydrogen (secondary N) is 1. The lowest BCUT2D eigenvalue weighted by atomic mass is 10.1. The van der Waals surface area contributed by atoms with Crippen molar-refractivity contribution in [3.8, 4) is 22.4 Å². The summed E-state index contributed by atoms with van der Waals surface area (Å²) in [7, 11) is 0. The normalized spacial score (nSPS) is 11.7. The summed E-state index contributed by atoms with van der Waals surface area (Å²) in [6.07, 6.45) is 0. The molecule has 0 bridgehead atoms. The highest BCUT2D eigenvalue weighted by Crippen LogP contribution is 2.31. The van der Waals surface area contributed by atoms with Gasteiger partial charge in [0.1, 0.15) is 27.7 Å². The first-order valence-electron chi connectivity index (χ1n) is 8.41. The third kappa shape index (κ3) is 5.05. The predicted octanol–water partition coefficient (Wildman–Crippen LogP) is 3.23. The van der Waals surface area contributed by atoms with E-state index in [1.165, 1.54) is 6.92 Å². The van der Waals surface area contributed by atoms with Gasteiger partial charge in [-0.15, -0.1) is 11.3 Å². The molecule has 142 valence electrons. The molecule has 0 radical (unpaired) electrons. The zero-order chi connectivity index (χ0) is 20.1. The van der Waals surface area contributed by atoms with Crippen molar-refractivity contribution in [2.45, 2.75) is 33.7 Å². The molecule has 1 atom stereocenters. The molecule has 0 saturated heterocycles. The maximum atomic E-state index is 12.3. The van der Waals surface area contributed by atoms with Crippen LogP contribution in [0.25, 0.3) is 10.6 Å². The molecule has 2 aromatic rings. The smallest absolute Gasteiger partial charge is 0.325 e. The largest absolute Gasteiger partial charge is 0.492 e. The molecule has 2 rings (SSSR count). The van der Waals surface area contributed by atoms with Gasteiger partial charge in [0.15, 0.2) is 0 Å². The van der Waals surface area contributed by atoms with Gasteiger partial charge in [-0.05, 0) is 38.0 Å². The molecule has 1 heterocycles. The molecule has 8 heteroatoms. The van der Waals surface area contributed by atoms with Crippen molar-refractivity contribution in [1.82, 2.24) is 10.3 Å². The Bertz CT molecular complexity index is 899. The van der Waals surface area contributed by atoms with Crippen LogP contribution in [-0.2, 0) is 4.79 Å². The first-order valence-corrected chi connectivity index (χ1v) is 9.23. The van der Waals surface area contributed by atoms with E-state index >= 15 is 0 Å². The molecule has 0 aliphatic rings. The fraction of sp³-hybridized carbons (Fsp3) is 0.368. The summed E-state index contributed by atoms with van der Waals surface area (Å²) >= 11 is 1.15. The van der Waals surface area contributed by atoms with Gasteiger partial charge >= 0.3 is 5.97 Å². The van der Waals surface area contributed by atoms with Crippen LogP contribution in [0.2, 0.25) is 0 Å². The lowest BCUT2D eigenvalue weighted by Gasteiger charge is -2.10. The number of ether oxygens (including phenoxy) is 1. The van der Waals surface area contributed by atoms with E-state index in [4.69, 9.17) is 9.84 Å². The SMILES string of the molecule is Cc1nc(-c2ccc(OCC(C)C)c(C#N)c2)sc1C(=O)NC(C)C(=O)O. The Hall–Kier alpha value is -2.92. The number of hydrogen-bond donors (Lipinski definition) is 2. The number of aliphatic carboxylic acids is 1. The van der Waals surface area contributed by atoms with E-state index < -0.39 is 17.9 Å². The fourth-order valence-electron chi connectivity index (χ4n) is 2.19. The first kappa shape index (κ1) is 20.4. The van der Waals surface area contributed by atoms with Crippen molar-refractivity contribution in [3.63, 3.8) is 0 Å². The molecule has 1 unspecified atom stereocenters. The van der Waals surface area contributed by atoms with Crippen LogP contribution in [0.4, 0.5) is 0 Å². The number of rotatable bonds is 7. The van der Waals surface area contributed by atoms with Crippen molar-refractivity contribution in [2.75, 3.05) is 6.61 Å². The Morgan fingerprint density at radius 3 is 2.67 bits per heavy atom. The summed E-state index contributed by atoms with van der Waals surface area (Å²) in [6, 6.07) is 6.31. The van der Waals surface area contributed by atoms with Crippen LogP contribution in [0.15, 0.2) is 18.2 Å². The Morgan fingerprint density at radius 1 is 1.37 bits per heavy atom. The first-order chi connectivity index (χ1) is 12.7. The number of carbonyl (C=O) groups is 2. The number of carboxylic acid groups (broad SMARTS) is 1. The number of thiazole rings is 1. The third-order valence-corrected chi connectivity index (χ3v) is 4.85. The number of hydrogen-bond acceptors (Lipinski definition) is 6. The minimum Gasteiger partial charge on any atom is -0.492 e. The van der Waals surface area contributed by atoms with E-state index in [-0.39, 0.29) is 0 Å². The van der Waals surface area contributed by atoms with Crippen molar-refractivity contribution >= 4 is 23.2 Å². The number of carbonyl (C=O) groups excluding carboxylic acids is 1. The summed E-state index contributed by atoms with van der Waals surface area (Å²) < 4.78 is 5.65. The second kappa shape index (κ2) is 8.64. The van der Waals surface area contributed by atoms with Gasteiger partial charge in [-0.3, -0.25) is 9.59 Å². The zero-order valence-corrected chi connectivity index (χ0v) is 16.4. The second-order valence-electron chi connectivity index (χ2n) is 6.49. The number of aromatic nitrogens is 1. The van der Waals surface area contributed by atoms with Crippen molar-refractivity contribution in [1.29, 1.82) is 5.26 Å². The summed E-state index contributed by atoms with van der Waals surface area (Å²) in [5.74, 6) is -0.742. The number of nitrogens with zero attached hydrogens (tertiary/aromatic N) is 2. The van der Waals surface area contributed by atoms with Crippen LogP contribution in [0.1, 0.15) is 41.7 Å². The van der Waals surface area contributed by atoms with Gasteiger partial charge in [-0.25, -0.2) is 4.98 Å². The average Bonchev–Trinajstić information content (AvgIpc) is 3.01. The lowest BCUT2D eigenvalue weighted by molar-refractivity contribution is -0.138. The Kier molecular flexibility index (Phi) is 6.53. The number of amides is 1. The van der Waals surface area contributed by atoms with E-state index in [0.717, 1.165) is 11.3 Å². The Labute approximate surface area is 161 Å². The van der Waals surface area contributed by atoms with Crippen molar-refractivity contribution < 1.29 is 19.4 Å². The van der Waals surface area contributed by atoms with Crippen LogP contribution < -0.4 is 10.1 Å². The van der Waals surface area contributed by atoms with Crippen LogP contribution in [0, 0.1) is 24.2 Å². The highest BCUT2D eigenvalue weighted by molar-refractivity contribution is 7.17. The zero-order valence-electron chi connectivity index (χ0n) is 15.6. The van der Waals surface area contributed by atoms with E-state index in [9.17, 15) is 14.9 Å². The molecule has 1 aromatic carbocycles. The number of carboxylic acids is 1. The van der Waals surface area contributed by atoms with Crippen LogP contribution in [0.5, 0.6) is 5.75 Å². The van der Waals surface area contributed by atoms with Gasteiger partial charge in [0.05, 0.1) is 17.9 Å². The average molecular weight is 387 g/mol. The molecule has 0 aliphatic carbocycles. The highest BCUT2D eigenvalue weighted by Gasteiger charge is 2.21. The number of benzene rings is 1. The Morgan fingerprint density at radius 2 is 2.07 bits per heavy atom. The molecular weight excluding hydrogens is 366 g/mol. The summed E-state index contributed by atoms with van der Waals surface area (Å²) in [5.41, 5.74) is 1.59. The van der Waals surface area contributed by atoms with Gasteiger partial charge < -0.3 is 15.2 Å². The van der Waals surface area contributed by atoms with Crippen LogP contribution in [0.3, 0.4) is 0 Å². The van der Waals surface area contributed by atoms with E-state index in [1.54, 1.807) is 25.1 Å². The van der Waals surface area contributed by atoms with Gasteiger partial charge in [0.25, 0.3) is 5.91 Å². The maximum Gasteiger partial charge on any atom is 0.325 e. The summed E-state index contributed by atoms with van der Waals surface area (Å²) in [6.45, 7) is 7.64. The van der Waals surface area contributed by atoms with Crippen molar-refractivity contribution in [3.05, 3.63) is 34.3 Å². The van der Waals surface area contributed by atoms with Gasteiger partial charge in [0, 0.05) is 5.56 Å². The fourth-order valence-corrected chi connectivity index (χ4v) is 3.15.